The van der Waals surface area contributed by atoms with E-state index in [1.165, 1.54) is 0 Å². The van der Waals surface area contributed by atoms with Crippen molar-refractivity contribution in [3.63, 3.8) is 0 Å². The fourth-order valence-electron chi connectivity index (χ4n) is 3.11. The lowest BCUT2D eigenvalue weighted by atomic mass is 9.74. The minimum atomic E-state index is -2.75. The number of alkyl halides is 2. The van der Waals surface area contributed by atoms with Crippen LogP contribution in [0, 0.1) is 5.41 Å². The van der Waals surface area contributed by atoms with E-state index in [1.54, 1.807) is 20.8 Å². The van der Waals surface area contributed by atoms with Crippen LogP contribution in [0.5, 0.6) is 0 Å². The molecule has 19 heavy (non-hydrogen) atoms. The molecule has 0 bridgehead atoms. The molecule has 1 spiro atoms. The van der Waals surface area contributed by atoms with E-state index in [-0.39, 0.29) is 6.42 Å². The van der Waals surface area contributed by atoms with Gasteiger partial charge >= 0.3 is 0 Å². The topological polar surface area (TPSA) is 41.1 Å². The molecule has 0 unspecified atom stereocenters. The van der Waals surface area contributed by atoms with Gasteiger partial charge < -0.3 is 5.32 Å². The standard InChI is InChI=1S/C13H24F2N2OS/c1-11(2,3)19(18)17-10-12(4-5-13(10,14)15)6-8-16-9-7-12/h10,16-17H,4-9H2,1-3H3/t10-,19+/m0/s1. The van der Waals surface area contributed by atoms with Gasteiger partial charge in [-0.25, -0.2) is 17.7 Å². The molecule has 3 nitrogen and oxygen atoms in total. The van der Waals surface area contributed by atoms with Crippen LogP contribution >= 0.6 is 0 Å². The normalized spacial score (nSPS) is 31.5. The Hall–Kier alpha value is -0.0700. The number of nitrogens with one attached hydrogen (secondary N) is 2. The van der Waals surface area contributed by atoms with Gasteiger partial charge in [-0.2, -0.15) is 0 Å². The Kier molecular flexibility index (Phi) is 4.06. The Bertz CT molecular complexity index is 362. The minimum Gasteiger partial charge on any atom is -0.317 e. The summed E-state index contributed by atoms with van der Waals surface area (Å²) in [4.78, 5) is 0. The zero-order valence-corrected chi connectivity index (χ0v) is 12.7. The summed E-state index contributed by atoms with van der Waals surface area (Å²) in [5.74, 6) is -2.75. The van der Waals surface area contributed by atoms with Crippen molar-refractivity contribution in [1.29, 1.82) is 0 Å². The summed E-state index contributed by atoms with van der Waals surface area (Å²) in [5, 5.41) is 3.22. The molecular weight excluding hydrogens is 270 g/mol. The second-order valence-electron chi connectivity index (χ2n) is 6.81. The van der Waals surface area contributed by atoms with Crippen LogP contribution in [0.25, 0.3) is 0 Å². The SMILES string of the molecule is CC(C)(C)[S@@](=O)N[C@@H]1C(F)(F)CCC12CCNCC2. The highest BCUT2D eigenvalue weighted by molar-refractivity contribution is 7.84. The molecule has 0 aromatic rings. The van der Waals surface area contributed by atoms with Crippen molar-refractivity contribution in [2.75, 3.05) is 13.1 Å². The van der Waals surface area contributed by atoms with Gasteiger partial charge in [0.2, 0.25) is 0 Å². The molecule has 0 aromatic heterocycles. The maximum atomic E-state index is 14.2. The fourth-order valence-corrected chi connectivity index (χ4v) is 4.10. The Labute approximate surface area is 116 Å². The van der Waals surface area contributed by atoms with E-state index in [0.29, 0.717) is 6.42 Å². The second-order valence-corrected chi connectivity index (χ2v) is 8.80. The average molecular weight is 294 g/mol. The predicted octanol–water partition coefficient (Wildman–Crippen LogP) is 2.21. The van der Waals surface area contributed by atoms with Gasteiger partial charge in [0.1, 0.15) is 0 Å². The third-order valence-electron chi connectivity index (χ3n) is 4.37. The lowest BCUT2D eigenvalue weighted by molar-refractivity contribution is -0.0348. The van der Waals surface area contributed by atoms with E-state index in [4.69, 9.17) is 0 Å². The lowest BCUT2D eigenvalue weighted by Crippen LogP contribution is -2.56. The monoisotopic (exact) mass is 294 g/mol. The van der Waals surface area contributed by atoms with Crippen molar-refractivity contribution in [2.45, 2.75) is 63.2 Å². The van der Waals surface area contributed by atoms with Gasteiger partial charge in [-0.3, -0.25) is 0 Å². The molecule has 1 heterocycles. The Morgan fingerprint density at radius 3 is 2.26 bits per heavy atom. The van der Waals surface area contributed by atoms with Crippen molar-refractivity contribution in [3.05, 3.63) is 0 Å². The molecule has 0 amide bonds. The predicted molar refractivity (Wildman–Crippen MR) is 73.5 cm³/mol. The zero-order chi connectivity index (χ0) is 14.3. The quantitative estimate of drug-likeness (QED) is 0.820. The van der Waals surface area contributed by atoms with Gasteiger partial charge in [0.05, 0.1) is 21.8 Å². The molecule has 112 valence electrons. The summed E-state index contributed by atoms with van der Waals surface area (Å²) in [7, 11) is -1.45. The van der Waals surface area contributed by atoms with Gasteiger partial charge in [-0.1, -0.05) is 0 Å². The molecule has 1 saturated heterocycles. The average Bonchev–Trinajstić information content (AvgIpc) is 2.54. The smallest absolute Gasteiger partial charge is 0.264 e. The first-order chi connectivity index (χ1) is 8.67. The summed E-state index contributed by atoms with van der Waals surface area (Å²) >= 11 is 0. The van der Waals surface area contributed by atoms with Crippen LogP contribution in [0.1, 0.15) is 46.5 Å². The molecule has 2 aliphatic rings. The van der Waals surface area contributed by atoms with Crippen molar-refractivity contribution in [2.24, 2.45) is 5.41 Å². The summed E-state index contributed by atoms with van der Waals surface area (Å²) < 4.78 is 42.8. The summed E-state index contributed by atoms with van der Waals surface area (Å²) in [6.07, 6.45) is 1.91. The highest BCUT2D eigenvalue weighted by Gasteiger charge is 2.59. The Morgan fingerprint density at radius 2 is 1.74 bits per heavy atom. The first-order valence-corrected chi connectivity index (χ1v) is 8.09. The van der Waals surface area contributed by atoms with Gasteiger partial charge in [-0.05, 0) is 58.5 Å². The van der Waals surface area contributed by atoms with Crippen LogP contribution < -0.4 is 10.0 Å². The first kappa shape index (κ1) is 15.3. The molecule has 2 rings (SSSR count). The van der Waals surface area contributed by atoms with E-state index >= 15 is 0 Å². The molecule has 2 N–H and O–H groups in total. The van der Waals surface area contributed by atoms with Gasteiger partial charge in [0.25, 0.3) is 5.92 Å². The molecule has 1 saturated carbocycles. The first-order valence-electron chi connectivity index (χ1n) is 6.94. The second kappa shape index (κ2) is 5.04. The van der Waals surface area contributed by atoms with Gasteiger partial charge in [0, 0.05) is 6.42 Å². The van der Waals surface area contributed by atoms with Crippen LogP contribution in [0.15, 0.2) is 0 Å². The van der Waals surface area contributed by atoms with E-state index in [0.717, 1.165) is 25.9 Å². The van der Waals surface area contributed by atoms with Crippen molar-refractivity contribution >= 4 is 11.0 Å². The number of hydrogen-bond acceptors (Lipinski definition) is 2. The summed E-state index contributed by atoms with van der Waals surface area (Å²) in [6.45, 7) is 6.96. The number of hydrogen-bond donors (Lipinski definition) is 2. The number of piperidine rings is 1. The van der Waals surface area contributed by atoms with Crippen LogP contribution in [-0.4, -0.2) is 34.0 Å². The van der Waals surface area contributed by atoms with E-state index < -0.39 is 33.1 Å². The number of rotatable bonds is 2. The molecule has 0 aromatic carbocycles. The van der Waals surface area contributed by atoms with Crippen molar-refractivity contribution in [1.82, 2.24) is 10.0 Å². The summed E-state index contributed by atoms with van der Waals surface area (Å²) in [5.41, 5.74) is -0.393. The zero-order valence-electron chi connectivity index (χ0n) is 11.9. The molecule has 1 aliphatic carbocycles. The maximum absolute atomic E-state index is 14.2. The Morgan fingerprint density at radius 1 is 1.16 bits per heavy atom. The van der Waals surface area contributed by atoms with E-state index in [9.17, 15) is 13.0 Å². The number of halogens is 2. The van der Waals surface area contributed by atoms with Crippen LogP contribution in [0.3, 0.4) is 0 Å². The Balaban J connectivity index is 2.19. The molecule has 0 radical (unpaired) electrons. The van der Waals surface area contributed by atoms with Crippen LogP contribution in [0.2, 0.25) is 0 Å². The van der Waals surface area contributed by atoms with Crippen LogP contribution in [-0.2, 0) is 11.0 Å². The highest BCUT2D eigenvalue weighted by atomic mass is 32.2. The molecular formula is C13H24F2N2OS. The van der Waals surface area contributed by atoms with Gasteiger partial charge in [0.15, 0.2) is 0 Å². The van der Waals surface area contributed by atoms with Crippen LogP contribution in [0.4, 0.5) is 8.78 Å². The molecule has 1 aliphatic heterocycles. The lowest BCUT2D eigenvalue weighted by Gasteiger charge is -2.41. The fraction of sp³-hybridized carbons (Fsp3) is 1.00. The van der Waals surface area contributed by atoms with E-state index in [1.807, 2.05) is 0 Å². The van der Waals surface area contributed by atoms with Crippen molar-refractivity contribution in [3.8, 4) is 0 Å². The maximum Gasteiger partial charge on any atom is 0.264 e. The molecule has 2 atom stereocenters. The summed E-state index contributed by atoms with van der Waals surface area (Å²) in [6, 6.07) is -0.956. The molecule has 2 fully saturated rings. The molecule has 6 heteroatoms. The third kappa shape index (κ3) is 3.00. The highest BCUT2D eigenvalue weighted by Crippen LogP contribution is 2.52. The van der Waals surface area contributed by atoms with Crippen molar-refractivity contribution < 1.29 is 13.0 Å². The van der Waals surface area contributed by atoms with E-state index in [2.05, 4.69) is 10.0 Å². The third-order valence-corrected chi connectivity index (χ3v) is 5.93. The largest absolute Gasteiger partial charge is 0.317 e. The van der Waals surface area contributed by atoms with Gasteiger partial charge in [-0.15, -0.1) is 0 Å². The minimum absolute atomic E-state index is 0.0913.